The smallest absolute Gasteiger partial charge is 0.271 e. The predicted molar refractivity (Wildman–Crippen MR) is 185 cm³/mol. The molecule has 0 aliphatic carbocycles. The second-order valence-corrected chi connectivity index (χ2v) is 12.2. The van der Waals surface area contributed by atoms with E-state index in [1.165, 1.54) is 18.4 Å². The predicted octanol–water partition coefficient (Wildman–Crippen LogP) is 6.00. The number of ether oxygens (including phenoxy) is 3. The zero-order valence-corrected chi connectivity index (χ0v) is 27.8. The summed E-state index contributed by atoms with van der Waals surface area (Å²) in [5, 5.41) is 12.3. The fourth-order valence-electron chi connectivity index (χ4n) is 5.40. The molecule has 0 radical (unpaired) electrons. The van der Waals surface area contributed by atoms with Crippen LogP contribution < -0.4 is 34.4 Å². The van der Waals surface area contributed by atoms with Crippen molar-refractivity contribution in [1.29, 1.82) is 5.26 Å². The molecule has 1 aromatic heterocycles. The van der Waals surface area contributed by atoms with E-state index in [2.05, 4.69) is 11.4 Å². The second-order valence-electron chi connectivity index (χ2n) is 10.8. The van der Waals surface area contributed by atoms with E-state index in [1.54, 1.807) is 61.1 Å². The van der Waals surface area contributed by atoms with Crippen molar-refractivity contribution in [1.82, 2.24) is 4.57 Å². The lowest BCUT2D eigenvalue weighted by Gasteiger charge is -2.25. The first-order chi connectivity index (χ1) is 23.3. The molecule has 0 saturated carbocycles. The third-order valence-corrected chi connectivity index (χ3v) is 8.99. The number of thiazole rings is 1. The molecule has 6 rings (SSSR count). The minimum Gasteiger partial charge on any atom is -0.497 e. The molecule has 48 heavy (non-hydrogen) atoms. The van der Waals surface area contributed by atoms with Crippen molar-refractivity contribution in [2.75, 3.05) is 19.5 Å². The van der Waals surface area contributed by atoms with Crippen LogP contribution in [-0.4, -0.2) is 24.7 Å². The van der Waals surface area contributed by atoms with E-state index in [4.69, 9.17) is 36.1 Å². The Labute approximate surface area is 285 Å². The molecule has 240 valence electrons. The third-order valence-electron chi connectivity index (χ3n) is 7.72. The highest BCUT2D eigenvalue weighted by atomic mass is 35.5. The number of nitrogens with zero attached hydrogens (tertiary/aromatic N) is 3. The van der Waals surface area contributed by atoms with Gasteiger partial charge in [-0.25, -0.2) is 4.99 Å². The number of anilines is 1. The number of allylic oxidation sites excluding steroid dienone is 1. The van der Waals surface area contributed by atoms with Crippen LogP contribution in [-0.2, 0) is 11.4 Å². The van der Waals surface area contributed by atoms with Crippen LogP contribution in [0.1, 0.15) is 35.2 Å². The Bertz CT molecular complexity index is 2270. The zero-order valence-electron chi connectivity index (χ0n) is 26.2. The second kappa shape index (κ2) is 14.0. The number of nitriles is 1. The van der Waals surface area contributed by atoms with Crippen LogP contribution in [0.25, 0.3) is 6.08 Å². The number of fused-ring (bicyclic) bond motifs is 1. The van der Waals surface area contributed by atoms with E-state index < -0.39 is 6.04 Å². The van der Waals surface area contributed by atoms with Gasteiger partial charge in [-0.1, -0.05) is 65.4 Å². The summed E-state index contributed by atoms with van der Waals surface area (Å²) in [6.07, 6.45) is 1.72. The number of para-hydroxylation sites is 1. The fourth-order valence-corrected chi connectivity index (χ4v) is 6.72. The molecule has 0 bridgehead atoms. The van der Waals surface area contributed by atoms with Gasteiger partial charge in [-0.05, 0) is 78.2 Å². The molecular weight excluding hydrogens is 648 g/mol. The number of aromatic nitrogens is 1. The Balaban J connectivity index is 1.40. The van der Waals surface area contributed by atoms with Crippen LogP contribution >= 0.6 is 22.9 Å². The van der Waals surface area contributed by atoms with E-state index in [-0.39, 0.29) is 18.1 Å². The molecule has 0 saturated heterocycles. The third kappa shape index (κ3) is 6.60. The largest absolute Gasteiger partial charge is 0.497 e. The standard InChI is InChI=1S/C37H29ClN4O5S/c1-22-32(35(43)41-27-9-5-4-6-10-27)33(26-8-7-11-28(19-26)45-2)42-36(44)31(48-37(42)40-22)18-25-16-29(38)34(30(17-25)46-3)47-21-24-14-12-23(20-39)13-15-24/h4-19,33H,21H2,1-3H3,(H,41,43)/b31-18-/t33-/m0/s1. The molecule has 2 heterocycles. The maximum atomic E-state index is 14.2. The van der Waals surface area contributed by atoms with Crippen molar-refractivity contribution in [3.05, 3.63) is 149 Å². The summed E-state index contributed by atoms with van der Waals surface area (Å²) in [6, 6.07) is 28.3. The summed E-state index contributed by atoms with van der Waals surface area (Å²) in [5.41, 5.74) is 3.87. The van der Waals surface area contributed by atoms with Crippen molar-refractivity contribution in [2.24, 2.45) is 4.99 Å². The van der Waals surface area contributed by atoms with Crippen LogP contribution in [0.3, 0.4) is 0 Å². The molecule has 1 amide bonds. The number of rotatable bonds is 9. The lowest BCUT2D eigenvalue weighted by molar-refractivity contribution is -0.113. The maximum Gasteiger partial charge on any atom is 0.271 e. The first kappa shape index (κ1) is 32.3. The number of nitrogens with one attached hydrogen (secondary N) is 1. The minimum absolute atomic E-state index is 0.212. The molecule has 0 fully saturated rings. The van der Waals surface area contributed by atoms with Gasteiger partial charge in [-0.3, -0.25) is 14.2 Å². The number of halogens is 1. The summed E-state index contributed by atoms with van der Waals surface area (Å²) in [5.74, 6) is 0.970. The highest BCUT2D eigenvalue weighted by molar-refractivity contribution is 7.07. The molecule has 1 aliphatic rings. The Morgan fingerprint density at radius 2 is 1.81 bits per heavy atom. The number of carbonyl (C=O) groups excluding carboxylic acids is 1. The molecule has 4 aromatic carbocycles. The summed E-state index contributed by atoms with van der Waals surface area (Å²) < 4.78 is 19.0. The van der Waals surface area contributed by atoms with Crippen molar-refractivity contribution in [2.45, 2.75) is 19.6 Å². The highest BCUT2D eigenvalue weighted by Gasteiger charge is 2.33. The van der Waals surface area contributed by atoms with E-state index in [9.17, 15) is 9.59 Å². The van der Waals surface area contributed by atoms with Crippen LogP contribution in [0.15, 0.2) is 112 Å². The monoisotopic (exact) mass is 676 g/mol. The highest BCUT2D eigenvalue weighted by Crippen LogP contribution is 2.37. The fraction of sp³-hybridized carbons (Fsp3) is 0.135. The maximum absolute atomic E-state index is 14.2. The van der Waals surface area contributed by atoms with Gasteiger partial charge in [0.2, 0.25) is 0 Å². The van der Waals surface area contributed by atoms with Gasteiger partial charge in [0.15, 0.2) is 16.3 Å². The van der Waals surface area contributed by atoms with Gasteiger partial charge in [0.05, 0.1) is 52.7 Å². The molecular formula is C37H29ClN4O5S. The van der Waals surface area contributed by atoms with Crippen molar-refractivity contribution in [3.63, 3.8) is 0 Å². The van der Waals surface area contributed by atoms with Crippen LogP contribution in [0.2, 0.25) is 5.02 Å². The molecule has 0 unspecified atom stereocenters. The van der Waals surface area contributed by atoms with E-state index in [0.717, 1.165) is 5.56 Å². The summed E-state index contributed by atoms with van der Waals surface area (Å²) >= 11 is 7.89. The van der Waals surface area contributed by atoms with E-state index in [1.807, 2.05) is 54.6 Å². The average Bonchev–Trinajstić information content (AvgIpc) is 3.40. The van der Waals surface area contributed by atoms with Crippen LogP contribution in [0.4, 0.5) is 5.69 Å². The topological polar surface area (TPSA) is 115 Å². The van der Waals surface area contributed by atoms with Gasteiger partial charge < -0.3 is 19.5 Å². The first-order valence-corrected chi connectivity index (χ1v) is 16.0. The van der Waals surface area contributed by atoms with Gasteiger partial charge in [0.1, 0.15) is 12.4 Å². The molecule has 11 heteroatoms. The lowest BCUT2D eigenvalue weighted by atomic mass is 9.95. The number of carbonyl (C=O) groups is 1. The number of hydrogen-bond donors (Lipinski definition) is 1. The summed E-state index contributed by atoms with van der Waals surface area (Å²) in [7, 11) is 3.08. The van der Waals surface area contributed by atoms with Gasteiger partial charge in [-0.2, -0.15) is 5.26 Å². The van der Waals surface area contributed by atoms with E-state index >= 15 is 0 Å². The van der Waals surface area contributed by atoms with Crippen molar-refractivity contribution >= 4 is 40.6 Å². The molecule has 9 nitrogen and oxygen atoms in total. The number of methoxy groups -OCH3 is 2. The summed E-state index contributed by atoms with van der Waals surface area (Å²) in [4.78, 5) is 33.2. The Kier molecular flexibility index (Phi) is 9.43. The van der Waals surface area contributed by atoms with Gasteiger partial charge in [0.25, 0.3) is 11.5 Å². The Hall–Kier alpha value is -5.63. The van der Waals surface area contributed by atoms with Gasteiger partial charge in [0, 0.05) is 5.69 Å². The lowest BCUT2D eigenvalue weighted by Crippen LogP contribution is -2.40. The number of hydrogen-bond acceptors (Lipinski definition) is 8. The molecule has 0 spiro atoms. The Morgan fingerprint density at radius 1 is 1.04 bits per heavy atom. The molecule has 1 aliphatic heterocycles. The van der Waals surface area contributed by atoms with Crippen molar-refractivity contribution < 1.29 is 19.0 Å². The average molecular weight is 677 g/mol. The van der Waals surface area contributed by atoms with Gasteiger partial charge >= 0.3 is 0 Å². The molecule has 5 aromatic rings. The molecule has 1 atom stereocenters. The number of benzene rings is 4. The molecule has 1 N–H and O–H groups in total. The van der Waals surface area contributed by atoms with Crippen molar-refractivity contribution in [3.8, 4) is 23.3 Å². The van der Waals surface area contributed by atoms with Crippen LogP contribution in [0, 0.1) is 11.3 Å². The van der Waals surface area contributed by atoms with Gasteiger partial charge in [-0.15, -0.1) is 0 Å². The Morgan fingerprint density at radius 3 is 2.52 bits per heavy atom. The first-order valence-electron chi connectivity index (χ1n) is 14.8. The quantitative estimate of drug-likeness (QED) is 0.205. The zero-order chi connectivity index (χ0) is 33.8. The number of amides is 1. The summed E-state index contributed by atoms with van der Waals surface area (Å²) in [6.45, 7) is 1.98. The SMILES string of the molecule is COc1cccc([C@H]2C(C(=O)Nc3ccccc3)=C(C)N=c3s/c(=C\c4cc(Cl)c(OCc5ccc(C#N)cc5)c(OC)c4)c(=O)n32)c1. The normalized spacial score (nSPS) is 14.1. The minimum atomic E-state index is -0.765. The van der Waals surface area contributed by atoms with E-state index in [0.29, 0.717) is 65.3 Å². The van der Waals surface area contributed by atoms with Crippen LogP contribution in [0.5, 0.6) is 17.2 Å².